The largest absolute Gasteiger partial charge is 0.444 e. The lowest BCUT2D eigenvalue weighted by molar-refractivity contribution is 0.0193. The second-order valence-corrected chi connectivity index (χ2v) is 6.04. The van der Waals surface area contributed by atoms with E-state index in [1.54, 1.807) is 4.90 Å². The summed E-state index contributed by atoms with van der Waals surface area (Å²) in [6, 6.07) is 10.2. The lowest BCUT2D eigenvalue weighted by atomic mass is 9.80. The number of carbonyl (C=O) groups excluding carboxylic acids is 1. The van der Waals surface area contributed by atoms with E-state index >= 15 is 0 Å². The van der Waals surface area contributed by atoms with Crippen molar-refractivity contribution >= 4 is 19.0 Å². The summed E-state index contributed by atoms with van der Waals surface area (Å²) in [7, 11) is 2.15. The molecule has 1 heterocycles. The zero-order valence-corrected chi connectivity index (χ0v) is 13.5. The molecule has 123 valence electrons. The number of hydrogen-bond acceptors (Lipinski definition) is 3. The summed E-state index contributed by atoms with van der Waals surface area (Å²) in [4.78, 5) is 16.0. The summed E-state index contributed by atoms with van der Waals surface area (Å²) in [5, 5.41) is 0. The zero-order chi connectivity index (χ0) is 14.6. The van der Waals surface area contributed by atoms with Gasteiger partial charge in [0.25, 0.3) is 0 Å². The molecular formula is C15H26BN2O4. The highest BCUT2D eigenvalue weighted by molar-refractivity contribution is 6.50. The van der Waals surface area contributed by atoms with Crippen LogP contribution in [0.2, 0.25) is 0 Å². The molecule has 1 radical (unpaired) electrons. The minimum Gasteiger partial charge on any atom is -0.444 e. The quantitative estimate of drug-likeness (QED) is 0.710. The van der Waals surface area contributed by atoms with Crippen molar-refractivity contribution in [2.75, 3.05) is 26.2 Å². The maximum Gasteiger partial charge on any atom is 0.410 e. The van der Waals surface area contributed by atoms with Gasteiger partial charge in [0.2, 0.25) is 7.41 Å². The van der Waals surface area contributed by atoms with Crippen LogP contribution in [0.1, 0.15) is 20.8 Å². The van der Waals surface area contributed by atoms with Crippen molar-refractivity contribution in [3.63, 3.8) is 0 Å². The average molecular weight is 309 g/mol. The van der Waals surface area contributed by atoms with Crippen molar-refractivity contribution in [1.29, 1.82) is 0 Å². The van der Waals surface area contributed by atoms with Gasteiger partial charge >= 0.3 is 6.09 Å². The highest BCUT2D eigenvalue weighted by Crippen LogP contribution is 2.11. The molecule has 2 rings (SSSR count). The predicted molar refractivity (Wildman–Crippen MR) is 88.4 cm³/mol. The molecule has 0 spiro atoms. The Balaban J connectivity index is 0.00000220. The molecule has 6 nitrogen and oxygen atoms in total. The third kappa shape index (κ3) is 6.47. The van der Waals surface area contributed by atoms with Gasteiger partial charge in [0, 0.05) is 26.2 Å². The second kappa shape index (κ2) is 8.78. The van der Waals surface area contributed by atoms with E-state index in [0.717, 1.165) is 13.1 Å². The highest BCUT2D eigenvalue weighted by atomic mass is 16.6. The first kappa shape index (κ1) is 20.4. The smallest absolute Gasteiger partial charge is 0.410 e. The van der Waals surface area contributed by atoms with Crippen LogP contribution in [0, 0.1) is 0 Å². The molecule has 1 aromatic carbocycles. The summed E-state index contributed by atoms with van der Waals surface area (Å²) in [6.45, 7) is 8.78. The van der Waals surface area contributed by atoms with Gasteiger partial charge in [0.15, 0.2) is 0 Å². The van der Waals surface area contributed by atoms with Gasteiger partial charge in [0.1, 0.15) is 5.60 Å². The molecule has 1 aliphatic rings. The van der Waals surface area contributed by atoms with E-state index < -0.39 is 5.60 Å². The van der Waals surface area contributed by atoms with Crippen molar-refractivity contribution in [2.24, 2.45) is 0 Å². The van der Waals surface area contributed by atoms with Crippen molar-refractivity contribution in [3.8, 4) is 0 Å². The molecule has 0 unspecified atom stereocenters. The SMILES string of the molecule is CC(C)(C)OC(=O)N1CCN([B]c2ccccc2)CC1.O.O. The van der Waals surface area contributed by atoms with Gasteiger partial charge in [-0.25, -0.2) is 4.79 Å². The van der Waals surface area contributed by atoms with E-state index in [1.165, 1.54) is 5.46 Å². The predicted octanol–water partition coefficient (Wildman–Crippen LogP) is -0.166. The summed E-state index contributed by atoms with van der Waals surface area (Å²) in [5.74, 6) is 0. The first-order valence-electron chi connectivity index (χ1n) is 7.06. The van der Waals surface area contributed by atoms with Crippen molar-refractivity contribution < 1.29 is 20.5 Å². The van der Waals surface area contributed by atoms with E-state index in [0.29, 0.717) is 13.1 Å². The van der Waals surface area contributed by atoms with E-state index in [2.05, 4.69) is 24.4 Å². The van der Waals surface area contributed by atoms with Gasteiger partial charge in [-0.05, 0) is 20.8 Å². The van der Waals surface area contributed by atoms with Crippen LogP contribution < -0.4 is 5.46 Å². The lowest BCUT2D eigenvalue weighted by Crippen LogP contribution is -2.52. The van der Waals surface area contributed by atoms with Gasteiger partial charge < -0.3 is 25.4 Å². The monoisotopic (exact) mass is 309 g/mol. The highest BCUT2D eigenvalue weighted by Gasteiger charge is 2.25. The molecule has 22 heavy (non-hydrogen) atoms. The number of carbonyl (C=O) groups is 1. The van der Waals surface area contributed by atoms with Gasteiger partial charge in [0.05, 0.1) is 0 Å². The summed E-state index contributed by atoms with van der Waals surface area (Å²) in [5.41, 5.74) is 0.767. The number of rotatable bonds is 2. The van der Waals surface area contributed by atoms with E-state index in [-0.39, 0.29) is 17.0 Å². The van der Waals surface area contributed by atoms with Crippen LogP contribution >= 0.6 is 0 Å². The lowest BCUT2D eigenvalue weighted by Gasteiger charge is -2.35. The topological polar surface area (TPSA) is 95.8 Å². The number of hydrogen-bond donors (Lipinski definition) is 0. The Morgan fingerprint density at radius 2 is 1.59 bits per heavy atom. The number of nitrogens with zero attached hydrogens (tertiary/aromatic N) is 2. The van der Waals surface area contributed by atoms with Crippen molar-refractivity contribution in [2.45, 2.75) is 26.4 Å². The van der Waals surface area contributed by atoms with Crippen molar-refractivity contribution in [3.05, 3.63) is 30.3 Å². The number of benzene rings is 1. The van der Waals surface area contributed by atoms with Gasteiger partial charge in [-0.3, -0.25) is 0 Å². The maximum atomic E-state index is 12.0. The molecule has 7 heteroatoms. The standard InChI is InChI=1S/C15H22BN2O2.2H2O/c1-15(2,3)20-14(19)17-9-11-18(12-10-17)16-13-7-5-4-6-8-13;;/h4-8H,9-12H2,1-3H3;2*1H2. The first-order chi connectivity index (χ1) is 9.44. The molecule has 0 saturated carbocycles. The average Bonchev–Trinajstić information content (AvgIpc) is 2.39. The Labute approximate surface area is 132 Å². The Kier molecular flexibility index (Phi) is 8.15. The fourth-order valence-electron chi connectivity index (χ4n) is 2.11. The Bertz CT molecular complexity index is 443. The van der Waals surface area contributed by atoms with E-state index in [4.69, 9.17) is 4.74 Å². The molecule has 0 aliphatic carbocycles. The van der Waals surface area contributed by atoms with Crippen LogP contribution in [0.4, 0.5) is 4.79 Å². The molecule has 0 aromatic heterocycles. The normalized spacial score (nSPS) is 15.3. The maximum absolute atomic E-state index is 12.0. The number of amides is 1. The van der Waals surface area contributed by atoms with Crippen molar-refractivity contribution in [1.82, 2.24) is 9.71 Å². The summed E-state index contributed by atoms with van der Waals surface area (Å²) in [6.07, 6.45) is -0.211. The number of piperazine rings is 1. The Hall–Kier alpha value is -1.57. The fraction of sp³-hybridized carbons (Fsp3) is 0.533. The van der Waals surface area contributed by atoms with Gasteiger partial charge in [-0.15, -0.1) is 0 Å². The zero-order valence-electron chi connectivity index (χ0n) is 13.5. The van der Waals surface area contributed by atoms with Crippen LogP contribution in [0.5, 0.6) is 0 Å². The molecule has 4 N–H and O–H groups in total. The van der Waals surface area contributed by atoms with Crippen LogP contribution in [-0.4, -0.2) is 66.0 Å². The Morgan fingerprint density at radius 3 is 2.09 bits per heavy atom. The Morgan fingerprint density at radius 1 is 1.05 bits per heavy atom. The molecule has 0 bridgehead atoms. The van der Waals surface area contributed by atoms with Crippen LogP contribution in [0.15, 0.2) is 30.3 Å². The third-order valence-corrected chi connectivity index (χ3v) is 3.10. The van der Waals surface area contributed by atoms with Gasteiger partial charge in [-0.2, -0.15) is 0 Å². The van der Waals surface area contributed by atoms with Crippen LogP contribution in [0.3, 0.4) is 0 Å². The van der Waals surface area contributed by atoms with Gasteiger partial charge in [-0.1, -0.05) is 35.8 Å². The fourth-order valence-corrected chi connectivity index (χ4v) is 2.11. The first-order valence-corrected chi connectivity index (χ1v) is 7.06. The molecule has 1 fully saturated rings. The number of ether oxygens (including phenoxy) is 1. The van der Waals surface area contributed by atoms with E-state index in [1.807, 2.05) is 39.0 Å². The molecular weight excluding hydrogens is 283 g/mol. The molecule has 0 atom stereocenters. The van der Waals surface area contributed by atoms with Crippen LogP contribution in [-0.2, 0) is 4.74 Å². The molecule has 1 amide bonds. The molecule has 1 saturated heterocycles. The second-order valence-electron chi connectivity index (χ2n) is 6.04. The summed E-state index contributed by atoms with van der Waals surface area (Å²) < 4.78 is 5.39. The van der Waals surface area contributed by atoms with E-state index in [9.17, 15) is 4.79 Å². The van der Waals surface area contributed by atoms with Crippen LogP contribution in [0.25, 0.3) is 0 Å². The minimum atomic E-state index is -0.426. The molecule has 1 aromatic rings. The summed E-state index contributed by atoms with van der Waals surface area (Å²) >= 11 is 0. The minimum absolute atomic E-state index is 0. The third-order valence-electron chi connectivity index (χ3n) is 3.10. The molecule has 1 aliphatic heterocycles.